The van der Waals surface area contributed by atoms with Crippen LogP contribution < -0.4 is 0 Å². The summed E-state index contributed by atoms with van der Waals surface area (Å²) in [7, 11) is 0. The van der Waals surface area contributed by atoms with Gasteiger partial charge in [0.2, 0.25) is 0 Å². The van der Waals surface area contributed by atoms with Gasteiger partial charge in [-0.2, -0.15) is 0 Å². The van der Waals surface area contributed by atoms with E-state index in [2.05, 4.69) is 32.6 Å². The maximum Gasteiger partial charge on any atom is -0.0247 e. The molecule has 0 fully saturated rings. The van der Waals surface area contributed by atoms with Crippen LogP contribution in [-0.2, 0) is 0 Å². The van der Waals surface area contributed by atoms with Crippen LogP contribution in [0.1, 0.15) is 59.3 Å². The molecule has 0 nitrogen and oxygen atoms in total. The Morgan fingerprint density at radius 1 is 1.17 bits per heavy atom. The molecule has 0 heterocycles. The highest BCUT2D eigenvalue weighted by molar-refractivity contribution is 4.97. The fourth-order valence-corrected chi connectivity index (χ4v) is 1.07. The van der Waals surface area contributed by atoms with Crippen LogP contribution in [0.15, 0.2) is 17.4 Å². The van der Waals surface area contributed by atoms with Crippen molar-refractivity contribution in [1.82, 2.24) is 0 Å². The summed E-state index contributed by atoms with van der Waals surface area (Å²) in [6, 6.07) is 0. The SMILES string of the molecule is CCCCC=C=C(C)CCCC. The molecule has 0 aromatic rings. The van der Waals surface area contributed by atoms with Crippen molar-refractivity contribution < 1.29 is 0 Å². The van der Waals surface area contributed by atoms with Crippen molar-refractivity contribution in [3.8, 4) is 0 Å². The second-order valence-electron chi connectivity index (χ2n) is 3.37. The third-order valence-corrected chi connectivity index (χ3v) is 1.96. The van der Waals surface area contributed by atoms with Gasteiger partial charge in [-0.15, -0.1) is 5.73 Å². The van der Waals surface area contributed by atoms with E-state index in [1.807, 2.05) is 0 Å². The number of hydrogen-bond acceptors (Lipinski definition) is 0. The molecule has 0 unspecified atom stereocenters. The summed E-state index contributed by atoms with van der Waals surface area (Å²) in [5.41, 5.74) is 4.75. The van der Waals surface area contributed by atoms with Crippen LogP contribution >= 0.6 is 0 Å². The zero-order chi connectivity index (χ0) is 9.23. The second-order valence-corrected chi connectivity index (χ2v) is 3.37. The van der Waals surface area contributed by atoms with E-state index in [0.717, 1.165) is 0 Å². The predicted octanol–water partition coefficient (Wildman–Crippen LogP) is 4.47. The van der Waals surface area contributed by atoms with Gasteiger partial charge < -0.3 is 0 Å². The van der Waals surface area contributed by atoms with Gasteiger partial charge in [0.05, 0.1) is 0 Å². The molecule has 0 aromatic carbocycles. The molecule has 0 aliphatic heterocycles. The summed E-state index contributed by atoms with van der Waals surface area (Å²) in [5, 5.41) is 0. The second kappa shape index (κ2) is 8.62. The van der Waals surface area contributed by atoms with Crippen molar-refractivity contribution in [1.29, 1.82) is 0 Å². The zero-order valence-electron chi connectivity index (χ0n) is 8.82. The summed E-state index contributed by atoms with van der Waals surface area (Å²) in [4.78, 5) is 0. The lowest BCUT2D eigenvalue weighted by Gasteiger charge is -1.93. The molecule has 0 atom stereocenters. The van der Waals surface area contributed by atoms with Gasteiger partial charge in [0.25, 0.3) is 0 Å². The lowest BCUT2D eigenvalue weighted by atomic mass is 10.1. The maximum atomic E-state index is 3.34. The van der Waals surface area contributed by atoms with Crippen LogP contribution in [0.25, 0.3) is 0 Å². The van der Waals surface area contributed by atoms with Crippen molar-refractivity contribution in [2.75, 3.05) is 0 Å². The summed E-state index contributed by atoms with van der Waals surface area (Å²) in [5.74, 6) is 0. The minimum absolute atomic E-state index is 1.19. The van der Waals surface area contributed by atoms with Gasteiger partial charge in [0.15, 0.2) is 0 Å². The predicted molar refractivity (Wildman–Crippen MR) is 56.3 cm³/mol. The lowest BCUT2D eigenvalue weighted by Crippen LogP contribution is -1.74. The Balaban J connectivity index is 3.57. The smallest absolute Gasteiger partial charge is 0.0247 e. The molecule has 0 heteroatoms. The fraction of sp³-hybridized carbons (Fsp3) is 0.750. The molecule has 0 aromatic heterocycles. The van der Waals surface area contributed by atoms with Crippen molar-refractivity contribution in [3.63, 3.8) is 0 Å². The van der Waals surface area contributed by atoms with Crippen molar-refractivity contribution in [2.24, 2.45) is 0 Å². The first-order chi connectivity index (χ1) is 5.81. The summed E-state index contributed by atoms with van der Waals surface area (Å²) < 4.78 is 0. The van der Waals surface area contributed by atoms with Gasteiger partial charge in [-0.1, -0.05) is 26.7 Å². The number of rotatable bonds is 6. The average Bonchev–Trinajstić information content (AvgIpc) is 2.09. The zero-order valence-corrected chi connectivity index (χ0v) is 8.82. The monoisotopic (exact) mass is 166 g/mol. The standard InChI is InChI=1S/C12H22/c1-4-6-8-9-11-12(3)10-7-5-2/h9H,4-8,10H2,1-3H3. The van der Waals surface area contributed by atoms with Crippen molar-refractivity contribution in [2.45, 2.75) is 59.3 Å². The van der Waals surface area contributed by atoms with Crippen LogP contribution in [-0.4, -0.2) is 0 Å². The molecular weight excluding hydrogens is 144 g/mol. The molecule has 0 saturated heterocycles. The quantitative estimate of drug-likeness (QED) is 0.403. The topological polar surface area (TPSA) is 0 Å². The van der Waals surface area contributed by atoms with Gasteiger partial charge in [0.1, 0.15) is 0 Å². The van der Waals surface area contributed by atoms with Crippen LogP contribution in [0, 0.1) is 0 Å². The van der Waals surface area contributed by atoms with E-state index in [1.54, 1.807) is 0 Å². The molecule has 0 spiro atoms. The van der Waals surface area contributed by atoms with E-state index in [9.17, 15) is 0 Å². The normalized spacial score (nSPS) is 9.25. The van der Waals surface area contributed by atoms with Crippen LogP contribution in [0.2, 0.25) is 0 Å². The highest BCUT2D eigenvalue weighted by atomic mass is 13.9. The molecule has 0 bridgehead atoms. The molecule has 0 aliphatic rings. The molecule has 70 valence electrons. The van der Waals surface area contributed by atoms with E-state index in [0.29, 0.717) is 0 Å². The average molecular weight is 166 g/mol. The van der Waals surface area contributed by atoms with Gasteiger partial charge in [-0.05, 0) is 44.3 Å². The van der Waals surface area contributed by atoms with E-state index < -0.39 is 0 Å². The Morgan fingerprint density at radius 3 is 2.42 bits per heavy atom. The minimum atomic E-state index is 1.19. The summed E-state index contributed by atoms with van der Waals surface area (Å²) in [6.45, 7) is 6.63. The molecule has 0 amide bonds. The Bertz CT molecular complexity index is 147. The van der Waals surface area contributed by atoms with Crippen LogP contribution in [0.5, 0.6) is 0 Å². The molecule has 0 saturated carbocycles. The van der Waals surface area contributed by atoms with Crippen LogP contribution in [0.4, 0.5) is 0 Å². The minimum Gasteiger partial charge on any atom is -0.126 e. The van der Waals surface area contributed by atoms with Crippen LogP contribution in [0.3, 0.4) is 0 Å². The Morgan fingerprint density at radius 2 is 1.83 bits per heavy atom. The fourth-order valence-electron chi connectivity index (χ4n) is 1.07. The lowest BCUT2D eigenvalue weighted by molar-refractivity contribution is 0.786. The first-order valence-electron chi connectivity index (χ1n) is 5.21. The third kappa shape index (κ3) is 7.63. The highest BCUT2D eigenvalue weighted by Crippen LogP contribution is 2.04. The number of hydrogen-bond donors (Lipinski definition) is 0. The first-order valence-corrected chi connectivity index (χ1v) is 5.21. The Labute approximate surface area is 77.4 Å². The van der Waals surface area contributed by atoms with Gasteiger partial charge >= 0.3 is 0 Å². The highest BCUT2D eigenvalue weighted by Gasteiger charge is 1.85. The summed E-state index contributed by atoms with van der Waals surface area (Å²) in [6.07, 6.45) is 9.78. The summed E-state index contributed by atoms with van der Waals surface area (Å²) >= 11 is 0. The molecular formula is C12H22. The molecule has 0 rings (SSSR count). The van der Waals surface area contributed by atoms with E-state index in [-0.39, 0.29) is 0 Å². The number of allylic oxidation sites excluding steroid dienone is 1. The molecule has 0 N–H and O–H groups in total. The Kier molecular flexibility index (Phi) is 8.27. The Hall–Kier alpha value is -0.480. The molecule has 12 heavy (non-hydrogen) atoms. The van der Waals surface area contributed by atoms with E-state index >= 15 is 0 Å². The van der Waals surface area contributed by atoms with Crippen molar-refractivity contribution >= 4 is 0 Å². The van der Waals surface area contributed by atoms with Gasteiger partial charge in [-0.3, -0.25) is 0 Å². The molecule has 0 radical (unpaired) electrons. The molecule has 0 aliphatic carbocycles. The van der Waals surface area contributed by atoms with Gasteiger partial charge in [-0.25, -0.2) is 0 Å². The van der Waals surface area contributed by atoms with E-state index in [1.165, 1.54) is 44.1 Å². The third-order valence-electron chi connectivity index (χ3n) is 1.96. The first kappa shape index (κ1) is 11.5. The maximum absolute atomic E-state index is 3.34. The van der Waals surface area contributed by atoms with E-state index in [4.69, 9.17) is 0 Å². The largest absolute Gasteiger partial charge is 0.126 e. The van der Waals surface area contributed by atoms with Crippen molar-refractivity contribution in [3.05, 3.63) is 17.4 Å². The van der Waals surface area contributed by atoms with Gasteiger partial charge in [0, 0.05) is 0 Å². The number of unbranched alkanes of at least 4 members (excludes halogenated alkanes) is 3.